The molecule has 0 saturated carbocycles. The van der Waals surface area contributed by atoms with Crippen molar-refractivity contribution < 1.29 is 9.18 Å². The van der Waals surface area contributed by atoms with Gasteiger partial charge in [0, 0.05) is 36.0 Å². The molecule has 120 valence electrons. The quantitative estimate of drug-likeness (QED) is 0.775. The highest BCUT2D eigenvalue weighted by Crippen LogP contribution is 2.23. The van der Waals surface area contributed by atoms with Crippen LogP contribution in [0.3, 0.4) is 0 Å². The molecule has 24 heavy (non-hydrogen) atoms. The number of aromatic nitrogens is 1. The SMILES string of the molecule is O=C(NCCc1ccccn1)c1ccc(-c2ccccc2)c(F)c1. The lowest BCUT2D eigenvalue weighted by atomic mass is 10.0. The highest BCUT2D eigenvalue weighted by molar-refractivity contribution is 5.94. The number of amides is 1. The summed E-state index contributed by atoms with van der Waals surface area (Å²) in [7, 11) is 0. The van der Waals surface area contributed by atoms with Crippen LogP contribution in [0.4, 0.5) is 4.39 Å². The van der Waals surface area contributed by atoms with Crippen molar-refractivity contribution in [3.63, 3.8) is 0 Å². The summed E-state index contributed by atoms with van der Waals surface area (Å²) in [5.74, 6) is -0.692. The Kier molecular flexibility index (Phi) is 4.96. The zero-order valence-corrected chi connectivity index (χ0v) is 13.1. The molecule has 1 amide bonds. The lowest BCUT2D eigenvalue weighted by Gasteiger charge is -2.08. The van der Waals surface area contributed by atoms with E-state index in [0.717, 1.165) is 11.3 Å². The maximum Gasteiger partial charge on any atom is 0.251 e. The topological polar surface area (TPSA) is 42.0 Å². The van der Waals surface area contributed by atoms with Gasteiger partial charge >= 0.3 is 0 Å². The summed E-state index contributed by atoms with van der Waals surface area (Å²) in [6.07, 6.45) is 2.35. The van der Waals surface area contributed by atoms with Crippen LogP contribution in [0.15, 0.2) is 72.9 Å². The second-order valence-electron chi connectivity index (χ2n) is 5.39. The van der Waals surface area contributed by atoms with Crippen molar-refractivity contribution in [3.05, 3.63) is 90.0 Å². The van der Waals surface area contributed by atoms with E-state index in [9.17, 15) is 9.18 Å². The molecule has 0 saturated heterocycles. The van der Waals surface area contributed by atoms with E-state index in [4.69, 9.17) is 0 Å². The van der Waals surface area contributed by atoms with Crippen LogP contribution >= 0.6 is 0 Å². The smallest absolute Gasteiger partial charge is 0.251 e. The average molecular weight is 320 g/mol. The van der Waals surface area contributed by atoms with E-state index in [1.54, 1.807) is 18.3 Å². The van der Waals surface area contributed by atoms with Crippen LogP contribution in [0.1, 0.15) is 16.1 Å². The minimum absolute atomic E-state index is 0.288. The molecule has 0 aliphatic heterocycles. The summed E-state index contributed by atoms with van der Waals surface area (Å²) in [4.78, 5) is 16.3. The van der Waals surface area contributed by atoms with Gasteiger partial charge in [0.15, 0.2) is 0 Å². The number of hydrogen-bond acceptors (Lipinski definition) is 2. The van der Waals surface area contributed by atoms with Crippen LogP contribution in [-0.4, -0.2) is 17.4 Å². The number of nitrogens with one attached hydrogen (secondary N) is 1. The molecule has 2 aromatic carbocycles. The van der Waals surface area contributed by atoms with E-state index >= 15 is 0 Å². The van der Waals surface area contributed by atoms with Crippen LogP contribution in [0, 0.1) is 5.82 Å². The second-order valence-corrected chi connectivity index (χ2v) is 5.39. The van der Waals surface area contributed by atoms with Gasteiger partial charge in [-0.05, 0) is 29.8 Å². The number of benzene rings is 2. The second kappa shape index (κ2) is 7.51. The first kappa shape index (κ1) is 15.9. The maximum absolute atomic E-state index is 14.3. The van der Waals surface area contributed by atoms with E-state index < -0.39 is 5.82 Å². The van der Waals surface area contributed by atoms with E-state index in [0.29, 0.717) is 24.1 Å². The van der Waals surface area contributed by atoms with E-state index in [2.05, 4.69) is 10.3 Å². The van der Waals surface area contributed by atoms with Crippen LogP contribution < -0.4 is 5.32 Å². The van der Waals surface area contributed by atoms with Crippen molar-refractivity contribution in [2.45, 2.75) is 6.42 Å². The fourth-order valence-electron chi connectivity index (χ4n) is 2.46. The van der Waals surface area contributed by atoms with Gasteiger partial charge in [-0.2, -0.15) is 0 Å². The first-order valence-electron chi connectivity index (χ1n) is 7.77. The molecule has 1 heterocycles. The Morgan fingerprint density at radius 3 is 2.50 bits per heavy atom. The molecule has 0 atom stereocenters. The number of carbonyl (C=O) groups excluding carboxylic acids is 1. The largest absolute Gasteiger partial charge is 0.352 e. The molecule has 0 fully saturated rings. The van der Waals surface area contributed by atoms with Gasteiger partial charge in [-0.1, -0.05) is 42.5 Å². The predicted octanol–water partition coefficient (Wildman–Crippen LogP) is 3.86. The summed E-state index contributed by atoms with van der Waals surface area (Å²) >= 11 is 0. The van der Waals surface area contributed by atoms with Crippen molar-refractivity contribution >= 4 is 5.91 Å². The lowest BCUT2D eigenvalue weighted by molar-refractivity contribution is 0.0953. The molecule has 0 radical (unpaired) electrons. The van der Waals surface area contributed by atoms with Gasteiger partial charge in [-0.15, -0.1) is 0 Å². The molecule has 3 nitrogen and oxygen atoms in total. The highest BCUT2D eigenvalue weighted by atomic mass is 19.1. The third kappa shape index (κ3) is 3.84. The Bertz CT molecular complexity index is 820. The molecule has 0 spiro atoms. The maximum atomic E-state index is 14.3. The molecular weight excluding hydrogens is 303 g/mol. The number of hydrogen-bond donors (Lipinski definition) is 1. The van der Waals surface area contributed by atoms with E-state index in [1.165, 1.54) is 6.07 Å². The van der Waals surface area contributed by atoms with E-state index in [-0.39, 0.29) is 5.91 Å². The third-order valence-electron chi connectivity index (χ3n) is 3.71. The Morgan fingerprint density at radius 1 is 1.00 bits per heavy atom. The normalized spacial score (nSPS) is 10.4. The fraction of sp³-hybridized carbons (Fsp3) is 0.100. The summed E-state index contributed by atoms with van der Waals surface area (Å²) in [5, 5.41) is 2.79. The average Bonchev–Trinajstić information content (AvgIpc) is 2.63. The standard InChI is InChI=1S/C20H17FN2O/c21-19-14-16(9-10-18(19)15-6-2-1-3-7-15)20(24)23-13-11-17-8-4-5-12-22-17/h1-10,12,14H,11,13H2,(H,23,24). The molecule has 3 rings (SSSR count). The monoisotopic (exact) mass is 320 g/mol. The first-order chi connectivity index (χ1) is 11.7. The van der Waals surface area contributed by atoms with Gasteiger partial charge in [-0.3, -0.25) is 9.78 Å². The number of halogens is 1. The Balaban J connectivity index is 1.64. The van der Waals surface area contributed by atoms with Crippen LogP contribution in [0.5, 0.6) is 0 Å². The molecular formula is C20H17FN2O. The van der Waals surface area contributed by atoms with Crippen molar-refractivity contribution in [2.24, 2.45) is 0 Å². The van der Waals surface area contributed by atoms with Gasteiger partial charge in [0.05, 0.1) is 0 Å². The van der Waals surface area contributed by atoms with Crippen molar-refractivity contribution in [2.75, 3.05) is 6.54 Å². The number of pyridine rings is 1. The number of carbonyl (C=O) groups is 1. The molecule has 3 aromatic rings. The van der Waals surface area contributed by atoms with Gasteiger partial charge in [0.25, 0.3) is 5.91 Å². The molecule has 0 aliphatic carbocycles. The minimum atomic E-state index is -0.404. The summed E-state index contributed by atoms with van der Waals surface area (Å²) < 4.78 is 14.3. The van der Waals surface area contributed by atoms with Crippen molar-refractivity contribution in [3.8, 4) is 11.1 Å². The zero-order valence-electron chi connectivity index (χ0n) is 13.1. The molecule has 4 heteroatoms. The predicted molar refractivity (Wildman–Crippen MR) is 92.1 cm³/mol. The number of nitrogens with zero attached hydrogens (tertiary/aromatic N) is 1. The molecule has 1 aromatic heterocycles. The highest BCUT2D eigenvalue weighted by Gasteiger charge is 2.10. The Morgan fingerprint density at radius 2 is 1.79 bits per heavy atom. The fourth-order valence-corrected chi connectivity index (χ4v) is 2.46. The van der Waals surface area contributed by atoms with Gasteiger partial charge in [0.1, 0.15) is 5.82 Å². The van der Waals surface area contributed by atoms with Gasteiger partial charge in [0.2, 0.25) is 0 Å². The van der Waals surface area contributed by atoms with Crippen LogP contribution in [0.2, 0.25) is 0 Å². The molecule has 0 unspecified atom stereocenters. The van der Waals surface area contributed by atoms with Gasteiger partial charge in [-0.25, -0.2) is 4.39 Å². The van der Waals surface area contributed by atoms with Crippen LogP contribution in [0.25, 0.3) is 11.1 Å². The summed E-state index contributed by atoms with van der Waals surface area (Å²) in [6, 6.07) is 19.5. The van der Waals surface area contributed by atoms with Gasteiger partial charge < -0.3 is 5.32 Å². The first-order valence-corrected chi connectivity index (χ1v) is 7.77. The summed E-state index contributed by atoms with van der Waals surface area (Å²) in [6.45, 7) is 0.456. The van der Waals surface area contributed by atoms with Crippen molar-refractivity contribution in [1.29, 1.82) is 0 Å². The third-order valence-corrected chi connectivity index (χ3v) is 3.71. The Labute approximate surface area is 140 Å². The molecule has 0 bridgehead atoms. The Hall–Kier alpha value is -3.01. The lowest BCUT2D eigenvalue weighted by Crippen LogP contribution is -2.26. The van der Waals surface area contributed by atoms with Crippen molar-refractivity contribution in [1.82, 2.24) is 10.3 Å². The minimum Gasteiger partial charge on any atom is -0.352 e. The van der Waals surface area contributed by atoms with Crippen LogP contribution in [-0.2, 0) is 6.42 Å². The molecule has 0 aliphatic rings. The number of rotatable bonds is 5. The zero-order chi connectivity index (χ0) is 16.8. The molecule has 1 N–H and O–H groups in total. The summed E-state index contributed by atoms with van der Waals surface area (Å²) in [5.41, 5.74) is 2.49. The van der Waals surface area contributed by atoms with E-state index in [1.807, 2.05) is 48.5 Å².